The van der Waals surface area contributed by atoms with Gasteiger partial charge in [0.05, 0.1) is 0 Å². The molecule has 0 aromatic carbocycles. The maximum atomic E-state index is 2.53. The minimum absolute atomic E-state index is 0.924. The Labute approximate surface area is 66.2 Å². The van der Waals surface area contributed by atoms with Crippen molar-refractivity contribution in [3.05, 3.63) is 0 Å². The monoisotopic (exact) mass is 226 g/mol. The summed E-state index contributed by atoms with van der Waals surface area (Å²) in [7, 11) is 0. The summed E-state index contributed by atoms with van der Waals surface area (Å²) < 4.78 is 0.924. The van der Waals surface area contributed by atoms with Crippen molar-refractivity contribution < 1.29 is 0 Å². The highest BCUT2D eigenvalue weighted by molar-refractivity contribution is 14.1. The molecule has 8 heavy (non-hydrogen) atoms. The zero-order chi connectivity index (χ0) is 6.41. The van der Waals surface area contributed by atoms with Crippen LogP contribution < -0.4 is 0 Å². The lowest BCUT2D eigenvalue weighted by molar-refractivity contribution is 0.686. The molecule has 0 spiro atoms. The second-order valence-electron chi connectivity index (χ2n) is 2.15. The van der Waals surface area contributed by atoms with Gasteiger partial charge in [0.2, 0.25) is 0 Å². The molecular formula is C7H15I. The van der Waals surface area contributed by atoms with Crippen LogP contribution in [-0.4, -0.2) is 3.92 Å². The van der Waals surface area contributed by atoms with Gasteiger partial charge in [0.1, 0.15) is 0 Å². The molecule has 1 unspecified atom stereocenters. The Morgan fingerprint density at radius 2 is 2.00 bits per heavy atom. The summed E-state index contributed by atoms with van der Waals surface area (Å²) in [6.45, 7) is 4.51. The van der Waals surface area contributed by atoms with E-state index in [1.54, 1.807) is 0 Å². The number of hydrogen-bond acceptors (Lipinski definition) is 0. The van der Waals surface area contributed by atoms with Crippen LogP contribution in [0.1, 0.15) is 39.5 Å². The minimum atomic E-state index is 0.924. The largest absolute Gasteiger partial charge is 0.0826 e. The molecule has 0 aliphatic heterocycles. The second-order valence-corrected chi connectivity index (χ2v) is 3.91. The van der Waals surface area contributed by atoms with Gasteiger partial charge in [0.25, 0.3) is 0 Å². The summed E-state index contributed by atoms with van der Waals surface area (Å²) in [6.07, 6.45) is 5.50. The van der Waals surface area contributed by atoms with Crippen LogP contribution in [0.4, 0.5) is 0 Å². The zero-order valence-corrected chi connectivity index (χ0v) is 7.94. The van der Waals surface area contributed by atoms with Gasteiger partial charge in [-0.25, -0.2) is 0 Å². The molecule has 0 rings (SSSR count). The van der Waals surface area contributed by atoms with Crippen LogP contribution in [0, 0.1) is 0 Å². The van der Waals surface area contributed by atoms with Crippen LogP contribution in [0.25, 0.3) is 0 Å². The molecule has 0 saturated carbocycles. The first-order chi connectivity index (χ1) is 3.81. The summed E-state index contributed by atoms with van der Waals surface area (Å²) in [4.78, 5) is 0. The van der Waals surface area contributed by atoms with Gasteiger partial charge in [-0.3, -0.25) is 0 Å². The van der Waals surface area contributed by atoms with E-state index in [0.717, 1.165) is 3.92 Å². The Morgan fingerprint density at radius 3 is 2.38 bits per heavy atom. The predicted octanol–water partition coefficient (Wildman–Crippen LogP) is 3.39. The number of unbranched alkanes of at least 4 members (excludes halogenated alkanes) is 1. The van der Waals surface area contributed by atoms with Gasteiger partial charge in [-0.15, -0.1) is 0 Å². The van der Waals surface area contributed by atoms with Crippen molar-refractivity contribution in [1.29, 1.82) is 0 Å². The van der Waals surface area contributed by atoms with Crippen molar-refractivity contribution in [2.24, 2.45) is 0 Å². The summed E-state index contributed by atoms with van der Waals surface area (Å²) >= 11 is 2.53. The van der Waals surface area contributed by atoms with Crippen LogP contribution in [0.3, 0.4) is 0 Å². The third kappa shape index (κ3) is 4.88. The molecule has 0 nitrogen and oxygen atoms in total. The summed E-state index contributed by atoms with van der Waals surface area (Å²) in [6, 6.07) is 0. The summed E-state index contributed by atoms with van der Waals surface area (Å²) in [5, 5.41) is 0. The van der Waals surface area contributed by atoms with Gasteiger partial charge < -0.3 is 0 Å². The van der Waals surface area contributed by atoms with Crippen molar-refractivity contribution in [3.8, 4) is 0 Å². The van der Waals surface area contributed by atoms with E-state index in [1.165, 1.54) is 25.7 Å². The topological polar surface area (TPSA) is 0 Å². The molecule has 0 fully saturated rings. The smallest absolute Gasteiger partial charge is 0.0107 e. The van der Waals surface area contributed by atoms with Crippen LogP contribution in [0.15, 0.2) is 0 Å². The summed E-state index contributed by atoms with van der Waals surface area (Å²) in [5.41, 5.74) is 0. The highest BCUT2D eigenvalue weighted by Gasteiger charge is 1.96. The number of halogens is 1. The van der Waals surface area contributed by atoms with Crippen LogP contribution in [0.5, 0.6) is 0 Å². The molecule has 0 heterocycles. The van der Waals surface area contributed by atoms with Crippen molar-refractivity contribution in [2.45, 2.75) is 43.5 Å². The first-order valence-corrected chi connectivity index (χ1v) is 4.69. The van der Waals surface area contributed by atoms with Crippen LogP contribution in [0.2, 0.25) is 0 Å². The third-order valence-electron chi connectivity index (χ3n) is 1.31. The summed E-state index contributed by atoms with van der Waals surface area (Å²) in [5.74, 6) is 0. The predicted molar refractivity (Wildman–Crippen MR) is 47.6 cm³/mol. The van der Waals surface area contributed by atoms with E-state index in [1.807, 2.05) is 0 Å². The van der Waals surface area contributed by atoms with Crippen molar-refractivity contribution in [1.82, 2.24) is 0 Å². The number of hydrogen-bond donors (Lipinski definition) is 0. The molecule has 0 aromatic rings. The van der Waals surface area contributed by atoms with Gasteiger partial charge in [-0.2, -0.15) is 0 Å². The van der Waals surface area contributed by atoms with E-state index >= 15 is 0 Å². The molecular weight excluding hydrogens is 211 g/mol. The fourth-order valence-corrected chi connectivity index (χ4v) is 1.07. The zero-order valence-electron chi connectivity index (χ0n) is 5.78. The molecule has 1 atom stereocenters. The molecule has 0 aliphatic rings. The molecule has 50 valence electrons. The minimum Gasteiger partial charge on any atom is -0.0826 e. The third-order valence-corrected chi connectivity index (χ3v) is 2.82. The maximum Gasteiger partial charge on any atom is 0.0107 e. The average Bonchev–Trinajstić information content (AvgIpc) is 1.83. The molecule has 1 heteroatoms. The average molecular weight is 226 g/mol. The number of alkyl halides is 1. The molecule has 0 N–H and O–H groups in total. The van der Waals surface area contributed by atoms with E-state index < -0.39 is 0 Å². The Balaban J connectivity index is 2.86. The Kier molecular flexibility index (Phi) is 6.39. The fraction of sp³-hybridized carbons (Fsp3) is 1.00. The van der Waals surface area contributed by atoms with E-state index in [2.05, 4.69) is 36.4 Å². The first-order valence-electron chi connectivity index (χ1n) is 3.45. The van der Waals surface area contributed by atoms with Crippen molar-refractivity contribution in [2.75, 3.05) is 0 Å². The molecule has 0 aliphatic carbocycles. The Hall–Kier alpha value is 0.730. The fourth-order valence-electron chi connectivity index (χ4n) is 0.630. The molecule has 0 radical (unpaired) electrons. The number of rotatable bonds is 4. The van der Waals surface area contributed by atoms with E-state index in [4.69, 9.17) is 0 Å². The highest BCUT2D eigenvalue weighted by Crippen LogP contribution is 2.12. The van der Waals surface area contributed by atoms with Crippen LogP contribution in [-0.2, 0) is 0 Å². The van der Waals surface area contributed by atoms with Gasteiger partial charge in [-0.1, -0.05) is 49.3 Å². The standard InChI is InChI=1S/C7H15I/c1-3-5-6-7(8)4-2/h7H,3-6H2,1-2H3. The lowest BCUT2D eigenvalue weighted by Gasteiger charge is -2.02. The van der Waals surface area contributed by atoms with Crippen molar-refractivity contribution in [3.63, 3.8) is 0 Å². The van der Waals surface area contributed by atoms with Crippen molar-refractivity contribution >= 4 is 22.6 Å². The Morgan fingerprint density at radius 1 is 1.38 bits per heavy atom. The SMILES string of the molecule is CCCCC(I)CC. The Bertz CT molecular complexity index is 43.7. The van der Waals surface area contributed by atoms with Gasteiger partial charge in [-0.05, 0) is 12.8 Å². The molecule has 0 amide bonds. The lowest BCUT2D eigenvalue weighted by atomic mass is 10.2. The second kappa shape index (κ2) is 5.86. The lowest BCUT2D eigenvalue weighted by Crippen LogP contribution is -1.92. The van der Waals surface area contributed by atoms with E-state index in [0.29, 0.717) is 0 Å². The van der Waals surface area contributed by atoms with Gasteiger partial charge >= 0.3 is 0 Å². The molecule has 0 saturated heterocycles. The first kappa shape index (κ1) is 8.73. The highest BCUT2D eigenvalue weighted by atomic mass is 127. The van der Waals surface area contributed by atoms with Gasteiger partial charge in [0, 0.05) is 3.92 Å². The molecule has 0 bridgehead atoms. The van der Waals surface area contributed by atoms with Gasteiger partial charge in [0.15, 0.2) is 0 Å². The van der Waals surface area contributed by atoms with E-state index in [9.17, 15) is 0 Å². The van der Waals surface area contributed by atoms with Crippen LogP contribution >= 0.6 is 22.6 Å². The molecule has 0 aromatic heterocycles. The maximum absolute atomic E-state index is 2.53. The van der Waals surface area contributed by atoms with E-state index in [-0.39, 0.29) is 0 Å². The normalized spacial score (nSPS) is 13.9. The quantitative estimate of drug-likeness (QED) is 0.509.